The highest BCUT2D eigenvalue weighted by Crippen LogP contribution is 2.22. The zero-order valence-corrected chi connectivity index (χ0v) is 11.3. The minimum absolute atomic E-state index is 0.292. The van der Waals surface area contributed by atoms with Crippen molar-refractivity contribution in [3.8, 4) is 0 Å². The molecule has 0 bridgehead atoms. The van der Waals surface area contributed by atoms with Crippen molar-refractivity contribution < 1.29 is 13.6 Å². The molecule has 0 aliphatic carbocycles. The third-order valence-electron chi connectivity index (χ3n) is 2.78. The van der Waals surface area contributed by atoms with Crippen molar-refractivity contribution in [3.63, 3.8) is 0 Å². The van der Waals surface area contributed by atoms with Gasteiger partial charge in [0, 0.05) is 16.8 Å². The molecule has 0 saturated carbocycles. The SMILES string of the molecule is Cc1ccc(Cl)cc1NC(=O)c1cc(N)c(F)cc1F. The molecule has 2 rings (SSSR count). The number of nitrogens with two attached hydrogens (primary N) is 1. The topological polar surface area (TPSA) is 55.1 Å². The van der Waals surface area contributed by atoms with Crippen LogP contribution in [0.15, 0.2) is 30.3 Å². The monoisotopic (exact) mass is 296 g/mol. The van der Waals surface area contributed by atoms with Gasteiger partial charge in [-0.25, -0.2) is 8.78 Å². The molecule has 2 aromatic carbocycles. The number of nitrogen functional groups attached to an aromatic ring is 1. The molecule has 6 heteroatoms. The second-order valence-corrected chi connectivity index (χ2v) is 4.70. The van der Waals surface area contributed by atoms with Crippen LogP contribution in [0.2, 0.25) is 5.02 Å². The summed E-state index contributed by atoms with van der Waals surface area (Å²) in [6, 6.07) is 6.46. The van der Waals surface area contributed by atoms with Gasteiger partial charge in [0.25, 0.3) is 5.91 Å². The smallest absolute Gasteiger partial charge is 0.258 e. The van der Waals surface area contributed by atoms with Crippen molar-refractivity contribution in [2.24, 2.45) is 0 Å². The third-order valence-corrected chi connectivity index (χ3v) is 3.01. The summed E-state index contributed by atoms with van der Waals surface area (Å²) in [5, 5.41) is 2.95. The van der Waals surface area contributed by atoms with Gasteiger partial charge in [-0.15, -0.1) is 0 Å². The molecule has 0 aliphatic rings. The number of carbonyl (C=O) groups is 1. The Labute approximate surface area is 119 Å². The molecule has 0 fully saturated rings. The average Bonchev–Trinajstić information content (AvgIpc) is 2.38. The molecule has 0 atom stereocenters. The van der Waals surface area contributed by atoms with E-state index < -0.39 is 17.5 Å². The number of hydrogen-bond donors (Lipinski definition) is 2. The second-order valence-electron chi connectivity index (χ2n) is 4.27. The van der Waals surface area contributed by atoms with Crippen LogP contribution in [0.5, 0.6) is 0 Å². The predicted octanol–water partition coefficient (Wildman–Crippen LogP) is 3.76. The van der Waals surface area contributed by atoms with E-state index in [-0.39, 0.29) is 11.3 Å². The molecular formula is C14H11ClF2N2O. The quantitative estimate of drug-likeness (QED) is 0.829. The second kappa shape index (κ2) is 5.46. The highest BCUT2D eigenvalue weighted by Gasteiger charge is 2.16. The molecule has 0 aromatic heterocycles. The maximum Gasteiger partial charge on any atom is 0.258 e. The van der Waals surface area contributed by atoms with E-state index in [1.165, 1.54) is 0 Å². The molecule has 3 N–H and O–H groups in total. The van der Waals surface area contributed by atoms with Crippen molar-refractivity contribution in [1.82, 2.24) is 0 Å². The fourth-order valence-corrected chi connectivity index (χ4v) is 1.83. The maximum absolute atomic E-state index is 13.6. The maximum atomic E-state index is 13.6. The summed E-state index contributed by atoms with van der Waals surface area (Å²) in [4.78, 5) is 12.0. The highest BCUT2D eigenvalue weighted by atomic mass is 35.5. The van der Waals surface area contributed by atoms with Crippen LogP contribution >= 0.6 is 11.6 Å². The first-order valence-corrected chi connectivity index (χ1v) is 6.08. The van der Waals surface area contributed by atoms with Gasteiger partial charge in [0.1, 0.15) is 11.6 Å². The number of halogens is 3. The first kappa shape index (κ1) is 14.3. The number of carbonyl (C=O) groups excluding carboxylic acids is 1. The van der Waals surface area contributed by atoms with E-state index in [0.717, 1.165) is 11.6 Å². The van der Waals surface area contributed by atoms with Crippen molar-refractivity contribution in [1.29, 1.82) is 0 Å². The molecule has 2 aromatic rings. The minimum Gasteiger partial charge on any atom is -0.396 e. The van der Waals surface area contributed by atoms with Gasteiger partial charge >= 0.3 is 0 Å². The van der Waals surface area contributed by atoms with Crippen LogP contribution in [-0.2, 0) is 0 Å². The number of nitrogens with one attached hydrogen (secondary N) is 1. The number of hydrogen-bond acceptors (Lipinski definition) is 2. The van der Waals surface area contributed by atoms with Gasteiger partial charge in [0.15, 0.2) is 0 Å². The zero-order valence-electron chi connectivity index (χ0n) is 10.5. The van der Waals surface area contributed by atoms with Crippen LogP contribution in [0, 0.1) is 18.6 Å². The molecule has 0 heterocycles. The number of aryl methyl sites for hydroxylation is 1. The van der Waals surface area contributed by atoms with Crippen LogP contribution in [0.1, 0.15) is 15.9 Å². The van der Waals surface area contributed by atoms with Gasteiger partial charge in [-0.2, -0.15) is 0 Å². The van der Waals surface area contributed by atoms with E-state index in [2.05, 4.69) is 5.32 Å². The third kappa shape index (κ3) is 2.88. The Morgan fingerprint density at radius 1 is 1.20 bits per heavy atom. The number of amides is 1. The van der Waals surface area contributed by atoms with Crippen molar-refractivity contribution in [2.45, 2.75) is 6.92 Å². The summed E-state index contributed by atoms with van der Waals surface area (Å²) in [5.74, 6) is -2.61. The predicted molar refractivity (Wildman–Crippen MR) is 74.9 cm³/mol. The largest absolute Gasteiger partial charge is 0.396 e. The van der Waals surface area contributed by atoms with Crippen molar-refractivity contribution in [3.05, 3.63) is 58.1 Å². The van der Waals surface area contributed by atoms with Crippen LogP contribution in [0.3, 0.4) is 0 Å². The van der Waals surface area contributed by atoms with Crippen LogP contribution in [-0.4, -0.2) is 5.91 Å². The van der Waals surface area contributed by atoms with E-state index in [1.54, 1.807) is 25.1 Å². The molecule has 0 radical (unpaired) electrons. The molecule has 20 heavy (non-hydrogen) atoms. The van der Waals surface area contributed by atoms with Gasteiger partial charge in [0.05, 0.1) is 11.3 Å². The van der Waals surface area contributed by atoms with Crippen LogP contribution in [0.25, 0.3) is 0 Å². The van der Waals surface area contributed by atoms with Gasteiger partial charge in [-0.3, -0.25) is 4.79 Å². The lowest BCUT2D eigenvalue weighted by Gasteiger charge is -2.10. The summed E-state index contributed by atoms with van der Waals surface area (Å²) in [6.07, 6.45) is 0. The first-order chi connectivity index (χ1) is 9.38. The lowest BCUT2D eigenvalue weighted by atomic mass is 10.1. The molecule has 0 unspecified atom stereocenters. The van der Waals surface area contributed by atoms with Crippen molar-refractivity contribution >= 4 is 28.9 Å². The molecule has 1 amide bonds. The molecule has 0 aliphatic heterocycles. The number of benzene rings is 2. The van der Waals surface area contributed by atoms with Gasteiger partial charge in [0.2, 0.25) is 0 Å². The van der Waals surface area contributed by atoms with E-state index >= 15 is 0 Å². The Bertz CT molecular complexity index is 689. The van der Waals surface area contributed by atoms with Crippen molar-refractivity contribution in [2.75, 3.05) is 11.1 Å². The van der Waals surface area contributed by atoms with E-state index in [1.807, 2.05) is 0 Å². The number of rotatable bonds is 2. The van der Waals surface area contributed by atoms with E-state index in [4.69, 9.17) is 17.3 Å². The molecule has 0 saturated heterocycles. The van der Waals surface area contributed by atoms with Gasteiger partial charge in [-0.05, 0) is 30.7 Å². The summed E-state index contributed by atoms with van der Waals surface area (Å²) >= 11 is 5.83. The highest BCUT2D eigenvalue weighted by molar-refractivity contribution is 6.31. The Kier molecular flexibility index (Phi) is 3.90. The molecule has 3 nitrogen and oxygen atoms in total. The fourth-order valence-electron chi connectivity index (χ4n) is 1.66. The fraction of sp³-hybridized carbons (Fsp3) is 0.0714. The normalized spacial score (nSPS) is 10.4. The van der Waals surface area contributed by atoms with Gasteiger partial charge < -0.3 is 11.1 Å². The van der Waals surface area contributed by atoms with E-state index in [0.29, 0.717) is 16.8 Å². The standard InChI is InChI=1S/C14H11ClF2N2O/c1-7-2-3-8(15)4-13(7)19-14(20)9-5-12(18)11(17)6-10(9)16/h2-6H,18H2,1H3,(H,19,20). The first-order valence-electron chi connectivity index (χ1n) is 5.70. The Morgan fingerprint density at radius 3 is 2.60 bits per heavy atom. The Balaban J connectivity index is 2.33. The Morgan fingerprint density at radius 2 is 1.90 bits per heavy atom. The summed E-state index contributed by atoms with van der Waals surface area (Å²) in [6.45, 7) is 1.77. The number of anilines is 2. The van der Waals surface area contributed by atoms with Crippen LogP contribution in [0.4, 0.5) is 20.2 Å². The van der Waals surface area contributed by atoms with Gasteiger partial charge in [-0.1, -0.05) is 17.7 Å². The zero-order chi connectivity index (χ0) is 14.9. The molecule has 0 spiro atoms. The van der Waals surface area contributed by atoms with Crippen LogP contribution < -0.4 is 11.1 Å². The molecule has 104 valence electrons. The lowest BCUT2D eigenvalue weighted by Crippen LogP contribution is -2.15. The Hall–Kier alpha value is -2.14. The molecular weight excluding hydrogens is 286 g/mol. The summed E-state index contributed by atoms with van der Waals surface area (Å²) in [7, 11) is 0. The average molecular weight is 297 g/mol. The minimum atomic E-state index is -0.978. The van der Waals surface area contributed by atoms with E-state index in [9.17, 15) is 13.6 Å². The summed E-state index contributed by atoms with van der Waals surface area (Å²) < 4.78 is 26.6. The lowest BCUT2D eigenvalue weighted by molar-refractivity contribution is 0.102. The summed E-state index contributed by atoms with van der Waals surface area (Å²) in [5.41, 5.74) is 5.92.